The highest BCUT2D eigenvalue weighted by Crippen LogP contribution is 2.34. The molecule has 2 unspecified atom stereocenters. The molecule has 1 aliphatic heterocycles. The molecule has 1 fully saturated rings. The average molecular weight is 266 g/mol. The number of aromatic hydroxyl groups is 1. The Morgan fingerprint density at radius 2 is 2.21 bits per heavy atom. The highest BCUT2D eigenvalue weighted by molar-refractivity contribution is 5.42. The summed E-state index contributed by atoms with van der Waals surface area (Å²) in [6.45, 7) is 2.83. The van der Waals surface area contributed by atoms with Gasteiger partial charge >= 0.3 is 0 Å². The van der Waals surface area contributed by atoms with Crippen LogP contribution in [-0.4, -0.2) is 24.9 Å². The van der Waals surface area contributed by atoms with Crippen molar-refractivity contribution in [2.24, 2.45) is 0 Å². The standard InChI is InChI=1S/C15H22O4/c1-3-4-5-6-12-10-18-15(19-12)11-7-8-13(16)14(9-11)17-2/h7-9,12,15-16H,3-6,10H2,1-2H3. The van der Waals surface area contributed by atoms with Crippen LogP contribution in [0.1, 0.15) is 44.5 Å². The van der Waals surface area contributed by atoms with E-state index in [4.69, 9.17) is 14.2 Å². The number of phenols is 1. The molecule has 19 heavy (non-hydrogen) atoms. The Balaban J connectivity index is 1.93. The Morgan fingerprint density at radius 3 is 2.95 bits per heavy atom. The summed E-state index contributed by atoms with van der Waals surface area (Å²) in [6, 6.07) is 5.16. The van der Waals surface area contributed by atoms with Gasteiger partial charge in [0, 0.05) is 5.56 Å². The van der Waals surface area contributed by atoms with Gasteiger partial charge in [0.05, 0.1) is 19.8 Å². The van der Waals surface area contributed by atoms with Crippen molar-refractivity contribution in [3.05, 3.63) is 23.8 Å². The predicted octanol–water partition coefficient (Wildman–Crippen LogP) is 3.40. The van der Waals surface area contributed by atoms with Crippen LogP contribution in [0.5, 0.6) is 11.5 Å². The number of phenolic OH excluding ortho intramolecular Hbond substituents is 1. The minimum Gasteiger partial charge on any atom is -0.504 e. The Morgan fingerprint density at radius 1 is 1.37 bits per heavy atom. The van der Waals surface area contributed by atoms with Crippen LogP contribution in [0, 0.1) is 0 Å². The van der Waals surface area contributed by atoms with Gasteiger partial charge in [0.1, 0.15) is 0 Å². The molecular formula is C15H22O4. The Kier molecular flexibility index (Phi) is 5.05. The largest absolute Gasteiger partial charge is 0.504 e. The molecule has 1 aromatic carbocycles. The average Bonchev–Trinajstić information content (AvgIpc) is 2.88. The first kappa shape index (κ1) is 14.2. The number of ether oxygens (including phenoxy) is 3. The summed E-state index contributed by atoms with van der Waals surface area (Å²) in [4.78, 5) is 0. The molecule has 4 heteroatoms. The lowest BCUT2D eigenvalue weighted by Gasteiger charge is -2.13. The summed E-state index contributed by atoms with van der Waals surface area (Å²) in [6.07, 6.45) is 4.50. The number of unbranched alkanes of at least 4 members (excludes halogenated alkanes) is 2. The highest BCUT2D eigenvalue weighted by atomic mass is 16.7. The summed E-state index contributed by atoms with van der Waals surface area (Å²) in [5, 5.41) is 9.57. The van der Waals surface area contributed by atoms with E-state index >= 15 is 0 Å². The third-order valence-corrected chi connectivity index (χ3v) is 3.36. The van der Waals surface area contributed by atoms with Gasteiger partial charge in [-0.25, -0.2) is 0 Å². The topological polar surface area (TPSA) is 47.9 Å². The van der Waals surface area contributed by atoms with Crippen molar-refractivity contribution in [3.8, 4) is 11.5 Å². The number of benzene rings is 1. The van der Waals surface area contributed by atoms with Gasteiger partial charge < -0.3 is 19.3 Å². The molecule has 4 nitrogen and oxygen atoms in total. The number of hydrogen-bond acceptors (Lipinski definition) is 4. The molecule has 1 N–H and O–H groups in total. The molecule has 1 aliphatic rings. The van der Waals surface area contributed by atoms with Crippen LogP contribution in [0.2, 0.25) is 0 Å². The zero-order valence-electron chi connectivity index (χ0n) is 11.6. The summed E-state index contributed by atoms with van der Waals surface area (Å²) in [5.74, 6) is 0.572. The van der Waals surface area contributed by atoms with Crippen LogP contribution in [-0.2, 0) is 9.47 Å². The van der Waals surface area contributed by atoms with Crippen LogP contribution in [0.25, 0.3) is 0 Å². The molecule has 0 bridgehead atoms. The maximum atomic E-state index is 9.57. The quantitative estimate of drug-likeness (QED) is 0.802. The summed E-state index contributed by atoms with van der Waals surface area (Å²) < 4.78 is 16.6. The van der Waals surface area contributed by atoms with Crippen LogP contribution < -0.4 is 4.74 Å². The monoisotopic (exact) mass is 266 g/mol. The maximum absolute atomic E-state index is 9.57. The second-order valence-corrected chi connectivity index (χ2v) is 4.85. The van der Waals surface area contributed by atoms with E-state index in [-0.39, 0.29) is 18.1 Å². The summed E-state index contributed by atoms with van der Waals surface area (Å²) >= 11 is 0. The maximum Gasteiger partial charge on any atom is 0.184 e. The lowest BCUT2D eigenvalue weighted by atomic mass is 10.1. The van der Waals surface area contributed by atoms with Gasteiger partial charge in [-0.05, 0) is 18.6 Å². The molecule has 0 aromatic heterocycles. The number of methoxy groups -OCH3 is 1. The zero-order chi connectivity index (χ0) is 13.7. The minimum atomic E-state index is -0.346. The van der Waals surface area contributed by atoms with Crippen molar-refractivity contribution in [2.75, 3.05) is 13.7 Å². The minimum absolute atomic E-state index is 0.128. The lowest BCUT2D eigenvalue weighted by Crippen LogP contribution is -2.09. The molecule has 106 valence electrons. The smallest absolute Gasteiger partial charge is 0.184 e. The van der Waals surface area contributed by atoms with Gasteiger partial charge in [0.25, 0.3) is 0 Å². The normalized spacial score (nSPS) is 22.6. The predicted molar refractivity (Wildman–Crippen MR) is 72.4 cm³/mol. The molecule has 0 amide bonds. The van der Waals surface area contributed by atoms with Crippen molar-refractivity contribution in [3.63, 3.8) is 0 Å². The fourth-order valence-corrected chi connectivity index (χ4v) is 2.24. The lowest BCUT2D eigenvalue weighted by molar-refractivity contribution is -0.0614. The summed E-state index contributed by atoms with van der Waals surface area (Å²) in [5.41, 5.74) is 0.882. The van der Waals surface area contributed by atoms with E-state index in [2.05, 4.69) is 6.92 Å². The fraction of sp³-hybridized carbons (Fsp3) is 0.600. The first-order valence-electron chi connectivity index (χ1n) is 6.88. The molecule has 2 atom stereocenters. The molecule has 0 radical (unpaired) electrons. The Bertz CT molecular complexity index is 405. The zero-order valence-corrected chi connectivity index (χ0v) is 11.6. The van der Waals surface area contributed by atoms with Crippen LogP contribution >= 0.6 is 0 Å². The highest BCUT2D eigenvalue weighted by Gasteiger charge is 2.27. The van der Waals surface area contributed by atoms with Gasteiger partial charge in [-0.1, -0.05) is 32.3 Å². The molecule has 1 aromatic rings. The van der Waals surface area contributed by atoms with E-state index in [1.54, 1.807) is 18.2 Å². The van der Waals surface area contributed by atoms with Crippen molar-refractivity contribution in [2.45, 2.75) is 45.0 Å². The second kappa shape index (κ2) is 6.78. The molecular weight excluding hydrogens is 244 g/mol. The second-order valence-electron chi connectivity index (χ2n) is 4.85. The number of hydrogen-bond donors (Lipinski definition) is 1. The van der Waals surface area contributed by atoms with Crippen molar-refractivity contribution >= 4 is 0 Å². The molecule has 0 spiro atoms. The Hall–Kier alpha value is -1.26. The van der Waals surface area contributed by atoms with Crippen molar-refractivity contribution in [1.82, 2.24) is 0 Å². The van der Waals surface area contributed by atoms with Crippen molar-refractivity contribution in [1.29, 1.82) is 0 Å². The van der Waals surface area contributed by atoms with Crippen LogP contribution in [0.4, 0.5) is 0 Å². The van der Waals surface area contributed by atoms with E-state index in [0.29, 0.717) is 12.4 Å². The van der Waals surface area contributed by atoms with Gasteiger partial charge in [-0.3, -0.25) is 0 Å². The van der Waals surface area contributed by atoms with Gasteiger partial charge in [-0.2, -0.15) is 0 Å². The van der Waals surface area contributed by atoms with Gasteiger partial charge in [-0.15, -0.1) is 0 Å². The van der Waals surface area contributed by atoms with E-state index in [1.165, 1.54) is 26.4 Å². The number of rotatable bonds is 6. The first-order chi connectivity index (χ1) is 9.24. The molecule has 1 saturated heterocycles. The molecule has 0 aliphatic carbocycles. The molecule has 0 saturated carbocycles. The van der Waals surface area contributed by atoms with Crippen LogP contribution in [0.3, 0.4) is 0 Å². The Labute approximate surface area is 114 Å². The van der Waals surface area contributed by atoms with E-state index in [9.17, 15) is 5.11 Å². The third kappa shape index (κ3) is 3.61. The third-order valence-electron chi connectivity index (χ3n) is 3.36. The van der Waals surface area contributed by atoms with Crippen LogP contribution in [0.15, 0.2) is 18.2 Å². The molecule has 2 rings (SSSR count). The van der Waals surface area contributed by atoms with E-state index in [0.717, 1.165) is 12.0 Å². The SMILES string of the molecule is CCCCCC1COC(c2ccc(O)c(OC)c2)O1. The van der Waals surface area contributed by atoms with Crippen molar-refractivity contribution < 1.29 is 19.3 Å². The van der Waals surface area contributed by atoms with E-state index < -0.39 is 0 Å². The van der Waals surface area contributed by atoms with Gasteiger partial charge in [0.15, 0.2) is 17.8 Å². The fourth-order valence-electron chi connectivity index (χ4n) is 2.24. The first-order valence-corrected chi connectivity index (χ1v) is 6.88. The van der Waals surface area contributed by atoms with E-state index in [1.807, 2.05) is 0 Å². The summed E-state index contributed by atoms with van der Waals surface area (Å²) in [7, 11) is 1.53. The molecule has 1 heterocycles. The van der Waals surface area contributed by atoms with Gasteiger partial charge in [0.2, 0.25) is 0 Å².